The van der Waals surface area contributed by atoms with Gasteiger partial charge in [-0.3, -0.25) is 0 Å². The minimum Gasteiger partial charge on any atom is -0.334 e. The van der Waals surface area contributed by atoms with E-state index in [-0.39, 0.29) is 23.5 Å². The number of quaternary nitrogens is 1. The summed E-state index contributed by atoms with van der Waals surface area (Å²) in [6.07, 6.45) is -3.95. The molecule has 0 spiro atoms. The van der Waals surface area contributed by atoms with Gasteiger partial charge in [-0.1, -0.05) is 18.2 Å². The van der Waals surface area contributed by atoms with E-state index >= 15 is 0 Å². The molecule has 3 nitrogen and oxygen atoms in total. The molecular weight excluding hydrogens is 303 g/mol. The van der Waals surface area contributed by atoms with Crippen LogP contribution in [0.25, 0.3) is 0 Å². The Morgan fingerprint density at radius 1 is 1.10 bits per heavy atom. The van der Waals surface area contributed by atoms with Crippen LogP contribution in [-0.4, -0.2) is 40.0 Å². The molecular formula is C14H19F3NO2S+. The summed E-state index contributed by atoms with van der Waals surface area (Å²) in [5.41, 5.74) is 0. The Bertz CT molecular complexity index is 549. The number of piperidine rings is 1. The predicted octanol–water partition coefficient (Wildman–Crippen LogP) is 1.32. The lowest BCUT2D eigenvalue weighted by Gasteiger charge is -2.30. The smallest absolute Gasteiger partial charge is 0.334 e. The largest absolute Gasteiger partial charge is 0.392 e. The van der Waals surface area contributed by atoms with E-state index in [0.29, 0.717) is 19.6 Å². The van der Waals surface area contributed by atoms with Crippen molar-refractivity contribution >= 4 is 9.84 Å². The Balaban J connectivity index is 1.85. The molecule has 1 aliphatic heterocycles. The van der Waals surface area contributed by atoms with Crippen molar-refractivity contribution in [3.8, 4) is 0 Å². The van der Waals surface area contributed by atoms with Gasteiger partial charge in [0.1, 0.15) is 5.75 Å². The van der Waals surface area contributed by atoms with Crippen molar-refractivity contribution in [3.05, 3.63) is 30.3 Å². The van der Waals surface area contributed by atoms with E-state index in [1.165, 1.54) is 0 Å². The molecule has 1 aliphatic rings. The molecule has 0 amide bonds. The lowest BCUT2D eigenvalue weighted by atomic mass is 9.96. The highest BCUT2D eigenvalue weighted by Gasteiger charge is 2.42. The normalized spacial score (nSPS) is 24.0. The summed E-state index contributed by atoms with van der Waals surface area (Å²) < 4.78 is 61.9. The SMILES string of the molecule is O=S(=O)(CC[NH+]1CCC(C(F)(F)F)CC1)c1ccccc1. The fourth-order valence-corrected chi connectivity index (χ4v) is 3.99. The summed E-state index contributed by atoms with van der Waals surface area (Å²) in [7, 11) is -3.34. The third-order valence-corrected chi connectivity index (χ3v) is 5.71. The summed E-state index contributed by atoms with van der Waals surface area (Å²) in [5, 5.41) is 0. The van der Waals surface area contributed by atoms with Gasteiger partial charge in [-0.2, -0.15) is 13.2 Å². The van der Waals surface area contributed by atoms with E-state index in [2.05, 4.69) is 0 Å². The fourth-order valence-electron chi connectivity index (χ4n) is 2.63. The molecule has 0 bridgehead atoms. The number of rotatable bonds is 4. The van der Waals surface area contributed by atoms with Gasteiger partial charge in [0, 0.05) is 12.8 Å². The Hall–Kier alpha value is -1.08. The second-order valence-corrected chi connectivity index (χ2v) is 7.56. The number of benzene rings is 1. The van der Waals surface area contributed by atoms with Crippen molar-refractivity contribution in [1.29, 1.82) is 0 Å². The van der Waals surface area contributed by atoms with E-state index in [1.807, 2.05) is 0 Å². The summed E-state index contributed by atoms with van der Waals surface area (Å²) in [5.74, 6) is -1.25. The van der Waals surface area contributed by atoms with E-state index in [0.717, 1.165) is 4.90 Å². The van der Waals surface area contributed by atoms with Crippen molar-refractivity contribution in [3.63, 3.8) is 0 Å². The van der Waals surface area contributed by atoms with Crippen molar-refractivity contribution in [2.24, 2.45) is 5.92 Å². The molecule has 0 atom stereocenters. The average molecular weight is 322 g/mol. The summed E-state index contributed by atoms with van der Waals surface area (Å²) >= 11 is 0. The van der Waals surface area contributed by atoms with Gasteiger partial charge < -0.3 is 4.90 Å². The van der Waals surface area contributed by atoms with Crippen LogP contribution in [0.5, 0.6) is 0 Å². The van der Waals surface area contributed by atoms with Gasteiger partial charge >= 0.3 is 6.18 Å². The molecule has 0 aliphatic carbocycles. The van der Waals surface area contributed by atoms with E-state index in [9.17, 15) is 21.6 Å². The fraction of sp³-hybridized carbons (Fsp3) is 0.571. The van der Waals surface area contributed by atoms with Gasteiger partial charge in [-0.25, -0.2) is 8.42 Å². The van der Waals surface area contributed by atoms with Crippen LogP contribution in [0.2, 0.25) is 0 Å². The highest BCUT2D eigenvalue weighted by molar-refractivity contribution is 7.91. The molecule has 2 rings (SSSR count). The minimum absolute atomic E-state index is 0.0248. The number of hydrogen-bond donors (Lipinski definition) is 1. The minimum atomic E-state index is -4.12. The number of hydrogen-bond acceptors (Lipinski definition) is 2. The third kappa shape index (κ3) is 4.44. The maximum absolute atomic E-state index is 12.6. The van der Waals surface area contributed by atoms with Crippen LogP contribution < -0.4 is 4.90 Å². The van der Waals surface area contributed by atoms with Crippen LogP contribution in [0, 0.1) is 5.92 Å². The quantitative estimate of drug-likeness (QED) is 0.908. The summed E-state index contributed by atoms with van der Waals surface area (Å²) in [6, 6.07) is 8.15. The van der Waals surface area contributed by atoms with Crippen molar-refractivity contribution in [1.82, 2.24) is 0 Å². The molecule has 1 heterocycles. The second-order valence-electron chi connectivity index (χ2n) is 5.45. The van der Waals surface area contributed by atoms with Crippen LogP contribution in [0.3, 0.4) is 0 Å². The highest BCUT2D eigenvalue weighted by Crippen LogP contribution is 2.31. The Labute approximate surface area is 122 Å². The third-order valence-electron chi connectivity index (χ3n) is 3.98. The molecule has 7 heteroatoms. The second kappa shape index (κ2) is 6.36. The number of halogens is 3. The van der Waals surface area contributed by atoms with Gasteiger partial charge in [-0.15, -0.1) is 0 Å². The molecule has 1 fully saturated rings. The van der Waals surface area contributed by atoms with Crippen LogP contribution in [-0.2, 0) is 9.84 Å². The average Bonchev–Trinajstić information content (AvgIpc) is 2.46. The molecule has 1 saturated heterocycles. The van der Waals surface area contributed by atoms with Crippen LogP contribution in [0.15, 0.2) is 35.2 Å². The van der Waals surface area contributed by atoms with Gasteiger partial charge in [0.15, 0.2) is 9.84 Å². The number of alkyl halides is 3. The van der Waals surface area contributed by atoms with Gasteiger partial charge in [0.2, 0.25) is 0 Å². The maximum Gasteiger partial charge on any atom is 0.392 e. The van der Waals surface area contributed by atoms with E-state index in [1.54, 1.807) is 30.3 Å². The monoisotopic (exact) mass is 322 g/mol. The van der Waals surface area contributed by atoms with Crippen molar-refractivity contribution in [2.75, 3.05) is 25.4 Å². The first-order valence-electron chi connectivity index (χ1n) is 6.97. The van der Waals surface area contributed by atoms with Gasteiger partial charge in [0.25, 0.3) is 0 Å². The van der Waals surface area contributed by atoms with Crippen LogP contribution >= 0.6 is 0 Å². The van der Waals surface area contributed by atoms with Gasteiger partial charge in [0.05, 0.1) is 30.4 Å². The molecule has 0 unspecified atom stereocenters. The molecule has 0 saturated carbocycles. The Morgan fingerprint density at radius 2 is 1.67 bits per heavy atom. The lowest BCUT2D eigenvalue weighted by Crippen LogP contribution is -3.13. The molecule has 1 aromatic rings. The zero-order valence-corrected chi connectivity index (χ0v) is 12.4. The van der Waals surface area contributed by atoms with E-state index in [4.69, 9.17) is 0 Å². The molecule has 0 radical (unpaired) electrons. The van der Waals surface area contributed by atoms with Crippen molar-refractivity contribution in [2.45, 2.75) is 23.9 Å². The summed E-state index contributed by atoms with van der Waals surface area (Å²) in [4.78, 5) is 1.21. The molecule has 1 N–H and O–H groups in total. The van der Waals surface area contributed by atoms with E-state index < -0.39 is 21.9 Å². The highest BCUT2D eigenvalue weighted by atomic mass is 32.2. The predicted molar refractivity (Wildman–Crippen MR) is 72.8 cm³/mol. The first-order valence-corrected chi connectivity index (χ1v) is 8.62. The van der Waals surface area contributed by atoms with Crippen LogP contribution in [0.4, 0.5) is 13.2 Å². The van der Waals surface area contributed by atoms with Gasteiger partial charge in [-0.05, 0) is 12.1 Å². The number of nitrogens with one attached hydrogen (secondary N) is 1. The molecule has 21 heavy (non-hydrogen) atoms. The maximum atomic E-state index is 12.6. The molecule has 118 valence electrons. The first-order chi connectivity index (χ1) is 9.79. The number of sulfone groups is 1. The Morgan fingerprint density at radius 3 is 2.19 bits per heavy atom. The van der Waals surface area contributed by atoms with Crippen LogP contribution in [0.1, 0.15) is 12.8 Å². The molecule has 1 aromatic carbocycles. The summed E-state index contributed by atoms with van der Waals surface area (Å²) in [6.45, 7) is 1.13. The Kier molecular flexibility index (Phi) is 4.93. The topological polar surface area (TPSA) is 38.6 Å². The molecule has 0 aromatic heterocycles. The van der Waals surface area contributed by atoms with Crippen molar-refractivity contribution < 1.29 is 26.5 Å². The number of likely N-dealkylation sites (tertiary alicyclic amines) is 1. The zero-order valence-electron chi connectivity index (χ0n) is 11.6. The first kappa shape index (κ1) is 16.3. The zero-order chi connectivity index (χ0) is 15.5. The standard InChI is InChI=1S/C14H18F3NO2S/c15-14(16,17)12-6-8-18(9-7-12)10-11-21(19,20)13-4-2-1-3-5-13/h1-5,12H,6-11H2/p+1. The lowest BCUT2D eigenvalue weighted by molar-refractivity contribution is -0.904.